The van der Waals surface area contributed by atoms with Crippen LogP contribution in [0.5, 0.6) is 0 Å². The van der Waals surface area contributed by atoms with Crippen molar-refractivity contribution in [1.82, 2.24) is 4.90 Å². The number of ether oxygens (including phenoxy) is 1. The van der Waals surface area contributed by atoms with Crippen molar-refractivity contribution in [3.63, 3.8) is 0 Å². The van der Waals surface area contributed by atoms with Crippen LogP contribution in [-0.4, -0.2) is 41.0 Å². The molecule has 6 heteroatoms. The Kier molecular flexibility index (Phi) is 6.55. The molecule has 152 valence electrons. The molecule has 1 saturated heterocycles. The minimum Gasteiger partial charge on any atom is -0.507 e. The second-order valence-electron chi connectivity index (χ2n) is 7.28. The maximum atomic E-state index is 12.9. The Hall–Kier alpha value is -2.44. The van der Waals surface area contributed by atoms with Gasteiger partial charge in [-0.1, -0.05) is 52.3 Å². The number of hydrogen-bond donors (Lipinski definition) is 1. The number of likely N-dealkylation sites (tertiary alicyclic amines) is 1. The fourth-order valence-corrected chi connectivity index (χ4v) is 3.74. The summed E-state index contributed by atoms with van der Waals surface area (Å²) in [6.45, 7) is 6.34. The summed E-state index contributed by atoms with van der Waals surface area (Å²) in [5.74, 6) is -1.47. The number of benzene rings is 2. The van der Waals surface area contributed by atoms with E-state index in [1.807, 2.05) is 45.0 Å². The van der Waals surface area contributed by atoms with Crippen LogP contribution in [0.2, 0.25) is 0 Å². The maximum Gasteiger partial charge on any atom is 0.295 e. The van der Waals surface area contributed by atoms with Gasteiger partial charge in [0.05, 0.1) is 24.3 Å². The highest BCUT2D eigenvalue weighted by Gasteiger charge is 2.46. The molecule has 0 aromatic heterocycles. The summed E-state index contributed by atoms with van der Waals surface area (Å²) in [7, 11) is 0. The second kappa shape index (κ2) is 8.93. The molecule has 2 aromatic carbocycles. The van der Waals surface area contributed by atoms with Crippen LogP contribution in [0.3, 0.4) is 0 Å². The van der Waals surface area contributed by atoms with Crippen molar-refractivity contribution in [3.8, 4) is 0 Å². The van der Waals surface area contributed by atoms with Gasteiger partial charge in [0.2, 0.25) is 0 Å². The second-order valence-corrected chi connectivity index (χ2v) is 8.19. The van der Waals surface area contributed by atoms with Crippen molar-refractivity contribution in [2.24, 2.45) is 0 Å². The SMILES string of the molecule is Cc1ccccc1C1/C(=C(/O)c2ccc(Br)cc2)C(=O)C(=O)N1CCOC(C)C. The summed E-state index contributed by atoms with van der Waals surface area (Å²) in [4.78, 5) is 27.3. The Bertz CT molecular complexity index is 950. The van der Waals surface area contributed by atoms with Crippen molar-refractivity contribution in [2.45, 2.75) is 32.9 Å². The molecule has 1 amide bonds. The molecule has 3 rings (SSSR count). The van der Waals surface area contributed by atoms with Crippen LogP contribution in [0.25, 0.3) is 5.76 Å². The van der Waals surface area contributed by atoms with Crippen LogP contribution >= 0.6 is 15.9 Å². The Morgan fingerprint density at radius 3 is 2.41 bits per heavy atom. The predicted molar refractivity (Wildman–Crippen MR) is 115 cm³/mol. The van der Waals surface area contributed by atoms with E-state index in [0.29, 0.717) is 12.2 Å². The topological polar surface area (TPSA) is 66.8 Å². The van der Waals surface area contributed by atoms with E-state index in [9.17, 15) is 14.7 Å². The zero-order chi connectivity index (χ0) is 21.1. The van der Waals surface area contributed by atoms with Gasteiger partial charge in [-0.15, -0.1) is 0 Å². The van der Waals surface area contributed by atoms with Crippen molar-refractivity contribution in [1.29, 1.82) is 0 Å². The number of halogens is 1. The van der Waals surface area contributed by atoms with Crippen LogP contribution < -0.4 is 0 Å². The summed E-state index contributed by atoms with van der Waals surface area (Å²) in [6, 6.07) is 13.9. The smallest absolute Gasteiger partial charge is 0.295 e. The zero-order valence-corrected chi connectivity index (χ0v) is 18.3. The van der Waals surface area contributed by atoms with Crippen LogP contribution in [0, 0.1) is 6.92 Å². The normalized spacial score (nSPS) is 18.7. The number of Topliss-reactive ketones (excluding diaryl/α,β-unsaturated/α-hetero) is 1. The summed E-state index contributed by atoms with van der Waals surface area (Å²) in [6.07, 6.45) is 0.0199. The van der Waals surface area contributed by atoms with E-state index < -0.39 is 17.7 Å². The fraction of sp³-hybridized carbons (Fsp3) is 0.304. The number of amides is 1. The number of aryl methyl sites for hydroxylation is 1. The summed E-state index contributed by atoms with van der Waals surface area (Å²) < 4.78 is 6.46. The predicted octanol–water partition coefficient (Wildman–Crippen LogP) is 4.60. The lowest BCUT2D eigenvalue weighted by Crippen LogP contribution is -2.33. The highest BCUT2D eigenvalue weighted by molar-refractivity contribution is 9.10. The number of hydrogen-bond acceptors (Lipinski definition) is 4. The minimum absolute atomic E-state index is 0.0199. The molecule has 29 heavy (non-hydrogen) atoms. The molecule has 1 atom stereocenters. The van der Waals surface area contributed by atoms with E-state index in [2.05, 4.69) is 15.9 Å². The van der Waals surface area contributed by atoms with Gasteiger partial charge in [0.25, 0.3) is 11.7 Å². The van der Waals surface area contributed by atoms with E-state index in [4.69, 9.17) is 4.74 Å². The van der Waals surface area contributed by atoms with Gasteiger partial charge in [-0.05, 0) is 44.0 Å². The number of rotatable bonds is 6. The van der Waals surface area contributed by atoms with E-state index >= 15 is 0 Å². The van der Waals surface area contributed by atoms with Crippen LogP contribution in [0.4, 0.5) is 0 Å². The minimum atomic E-state index is -0.678. The highest BCUT2D eigenvalue weighted by atomic mass is 79.9. The Labute approximate surface area is 179 Å². The first-order valence-corrected chi connectivity index (χ1v) is 10.3. The molecule has 0 spiro atoms. The fourth-order valence-electron chi connectivity index (χ4n) is 3.48. The van der Waals surface area contributed by atoms with E-state index in [1.165, 1.54) is 4.90 Å². The third kappa shape index (κ3) is 4.43. The number of carbonyl (C=O) groups is 2. The van der Waals surface area contributed by atoms with E-state index in [1.54, 1.807) is 24.3 Å². The molecule has 1 aliphatic rings. The van der Waals surface area contributed by atoms with Gasteiger partial charge in [0.1, 0.15) is 5.76 Å². The standard InChI is InChI=1S/C23H24BrNO4/c1-14(2)29-13-12-25-20(18-7-5-4-6-15(18)3)19(22(27)23(25)28)21(26)16-8-10-17(24)11-9-16/h4-11,14,20,26H,12-13H2,1-3H3/b21-19-. The molecule has 2 aromatic rings. The molecular formula is C23H24BrNO4. The van der Waals surface area contributed by atoms with Gasteiger partial charge < -0.3 is 14.7 Å². The Morgan fingerprint density at radius 2 is 1.79 bits per heavy atom. The first-order valence-electron chi connectivity index (χ1n) is 9.52. The number of carbonyl (C=O) groups excluding carboxylic acids is 2. The van der Waals surface area contributed by atoms with Gasteiger partial charge in [-0.3, -0.25) is 9.59 Å². The largest absolute Gasteiger partial charge is 0.507 e. The molecule has 1 N–H and O–H groups in total. The average molecular weight is 458 g/mol. The molecule has 1 aliphatic heterocycles. The lowest BCUT2D eigenvalue weighted by atomic mass is 9.92. The first-order chi connectivity index (χ1) is 13.8. The lowest BCUT2D eigenvalue weighted by Gasteiger charge is -2.26. The van der Waals surface area contributed by atoms with Gasteiger partial charge >= 0.3 is 0 Å². The quantitative estimate of drug-likeness (QED) is 0.390. The number of nitrogens with zero attached hydrogens (tertiary/aromatic N) is 1. The lowest BCUT2D eigenvalue weighted by molar-refractivity contribution is -0.140. The van der Waals surface area contributed by atoms with E-state index in [-0.39, 0.29) is 24.0 Å². The van der Waals surface area contributed by atoms with Gasteiger partial charge in [0, 0.05) is 16.6 Å². The molecule has 0 saturated carbocycles. The molecule has 1 unspecified atom stereocenters. The first kappa shape index (κ1) is 21.3. The maximum absolute atomic E-state index is 12.9. The molecule has 1 fully saturated rings. The number of aliphatic hydroxyl groups is 1. The summed E-state index contributed by atoms with van der Waals surface area (Å²) in [5.41, 5.74) is 2.35. The molecule has 0 bridgehead atoms. The van der Waals surface area contributed by atoms with Crippen molar-refractivity contribution in [2.75, 3.05) is 13.2 Å². The zero-order valence-electron chi connectivity index (χ0n) is 16.7. The van der Waals surface area contributed by atoms with Crippen LogP contribution in [0.15, 0.2) is 58.6 Å². The third-order valence-corrected chi connectivity index (χ3v) is 5.45. The Balaban J connectivity index is 2.11. The third-order valence-electron chi connectivity index (χ3n) is 4.92. The molecule has 1 heterocycles. The van der Waals surface area contributed by atoms with Crippen molar-refractivity contribution in [3.05, 3.63) is 75.3 Å². The molecular weight excluding hydrogens is 434 g/mol. The van der Waals surface area contributed by atoms with Gasteiger partial charge in [-0.25, -0.2) is 0 Å². The monoisotopic (exact) mass is 457 g/mol. The van der Waals surface area contributed by atoms with Crippen molar-refractivity contribution < 1.29 is 19.4 Å². The van der Waals surface area contributed by atoms with Crippen LogP contribution in [-0.2, 0) is 14.3 Å². The number of ketones is 1. The molecule has 5 nitrogen and oxygen atoms in total. The number of aliphatic hydroxyl groups excluding tert-OH is 1. The van der Waals surface area contributed by atoms with Crippen LogP contribution in [0.1, 0.15) is 36.6 Å². The Morgan fingerprint density at radius 1 is 1.14 bits per heavy atom. The highest BCUT2D eigenvalue weighted by Crippen LogP contribution is 2.40. The van der Waals surface area contributed by atoms with Crippen molar-refractivity contribution >= 4 is 33.4 Å². The summed E-state index contributed by atoms with van der Waals surface area (Å²) >= 11 is 3.37. The van der Waals surface area contributed by atoms with E-state index in [0.717, 1.165) is 15.6 Å². The molecule has 0 aliphatic carbocycles. The van der Waals surface area contributed by atoms with Gasteiger partial charge in [-0.2, -0.15) is 0 Å². The summed E-state index contributed by atoms with van der Waals surface area (Å²) in [5, 5.41) is 11.0. The average Bonchev–Trinajstić information content (AvgIpc) is 2.93. The molecule has 0 radical (unpaired) electrons. The van der Waals surface area contributed by atoms with Gasteiger partial charge in [0.15, 0.2) is 0 Å².